The zero-order valence-corrected chi connectivity index (χ0v) is 12.6. The summed E-state index contributed by atoms with van der Waals surface area (Å²) in [5.74, 6) is -0.393. The molecular weight excluding hydrogens is 284 g/mol. The van der Waals surface area contributed by atoms with Crippen LogP contribution in [-0.2, 0) is 14.8 Å². The van der Waals surface area contributed by atoms with E-state index < -0.39 is 22.0 Å². The molecule has 1 fully saturated rings. The second-order valence-corrected chi connectivity index (χ2v) is 6.70. The van der Waals surface area contributed by atoms with Crippen molar-refractivity contribution in [2.75, 3.05) is 32.9 Å². The van der Waals surface area contributed by atoms with E-state index in [4.69, 9.17) is 0 Å². The minimum Gasteiger partial charge on any atom is -0.341 e. The Balaban J connectivity index is 2.51. The Morgan fingerprint density at radius 3 is 2.60 bits per heavy atom. The Hall–Kier alpha value is -1.19. The Morgan fingerprint density at radius 2 is 2.00 bits per heavy atom. The van der Waals surface area contributed by atoms with E-state index in [9.17, 15) is 18.0 Å². The SMILES string of the molecule is CNC(=O)NC(=O)CN1CCCC[C@H]1CNS(C)(=O)=O. The molecule has 1 aliphatic heterocycles. The van der Waals surface area contributed by atoms with Crippen LogP contribution in [0, 0.1) is 0 Å². The number of rotatable bonds is 5. The number of urea groups is 1. The van der Waals surface area contributed by atoms with Crippen molar-refractivity contribution >= 4 is 22.0 Å². The molecule has 0 aromatic rings. The maximum absolute atomic E-state index is 11.7. The summed E-state index contributed by atoms with van der Waals surface area (Å²) < 4.78 is 24.7. The number of hydrogen-bond acceptors (Lipinski definition) is 5. The van der Waals surface area contributed by atoms with Gasteiger partial charge in [0.2, 0.25) is 15.9 Å². The van der Waals surface area contributed by atoms with Crippen LogP contribution in [0.4, 0.5) is 4.79 Å². The van der Waals surface area contributed by atoms with E-state index in [1.54, 1.807) is 0 Å². The standard InChI is InChI=1S/C11H22N4O4S/c1-12-11(17)14-10(16)8-15-6-4-3-5-9(15)7-13-20(2,18)19/h9,13H,3-8H2,1-2H3,(H2,12,14,16,17)/t9-/m0/s1. The molecule has 3 amide bonds. The number of nitrogens with zero attached hydrogens (tertiary/aromatic N) is 1. The van der Waals surface area contributed by atoms with Crippen LogP contribution < -0.4 is 15.4 Å². The lowest BCUT2D eigenvalue weighted by atomic mass is 10.0. The molecule has 0 aromatic heterocycles. The topological polar surface area (TPSA) is 108 Å². The normalized spacial score (nSPS) is 20.4. The van der Waals surface area contributed by atoms with Crippen molar-refractivity contribution in [1.82, 2.24) is 20.3 Å². The minimum atomic E-state index is -3.24. The monoisotopic (exact) mass is 306 g/mol. The zero-order chi connectivity index (χ0) is 15.2. The Bertz CT molecular complexity index is 451. The number of carbonyl (C=O) groups excluding carboxylic acids is 2. The molecule has 1 saturated heterocycles. The molecule has 3 N–H and O–H groups in total. The maximum Gasteiger partial charge on any atom is 0.321 e. The van der Waals surface area contributed by atoms with E-state index in [0.29, 0.717) is 0 Å². The fraction of sp³-hybridized carbons (Fsp3) is 0.818. The van der Waals surface area contributed by atoms with E-state index in [0.717, 1.165) is 32.1 Å². The summed E-state index contributed by atoms with van der Waals surface area (Å²) in [6, 6.07) is -0.563. The van der Waals surface area contributed by atoms with E-state index in [-0.39, 0.29) is 19.1 Å². The predicted octanol–water partition coefficient (Wildman–Crippen LogP) is -1.15. The molecule has 0 aliphatic carbocycles. The molecule has 8 nitrogen and oxygen atoms in total. The Kier molecular flexibility index (Phi) is 6.37. The van der Waals surface area contributed by atoms with Crippen LogP contribution in [0.1, 0.15) is 19.3 Å². The predicted molar refractivity (Wildman–Crippen MR) is 74.7 cm³/mol. The number of nitrogens with one attached hydrogen (secondary N) is 3. The molecule has 1 rings (SSSR count). The summed E-state index contributed by atoms with van der Waals surface area (Å²) in [7, 11) is -1.81. The summed E-state index contributed by atoms with van der Waals surface area (Å²) in [4.78, 5) is 24.6. The van der Waals surface area contributed by atoms with E-state index >= 15 is 0 Å². The second-order valence-electron chi connectivity index (χ2n) is 4.87. The van der Waals surface area contributed by atoms with Crippen molar-refractivity contribution in [3.63, 3.8) is 0 Å². The number of imide groups is 1. The Morgan fingerprint density at radius 1 is 1.30 bits per heavy atom. The highest BCUT2D eigenvalue weighted by Gasteiger charge is 2.25. The molecule has 116 valence electrons. The third kappa shape index (κ3) is 6.31. The summed E-state index contributed by atoms with van der Waals surface area (Å²) in [6.45, 7) is 1.09. The molecule has 1 aliphatic rings. The number of sulfonamides is 1. The van der Waals surface area contributed by atoms with Gasteiger partial charge in [-0.05, 0) is 19.4 Å². The summed E-state index contributed by atoms with van der Waals surface area (Å²) in [5, 5.41) is 4.51. The van der Waals surface area contributed by atoms with E-state index in [1.165, 1.54) is 7.05 Å². The van der Waals surface area contributed by atoms with Gasteiger partial charge in [0.1, 0.15) is 0 Å². The first kappa shape index (κ1) is 16.9. The summed E-state index contributed by atoms with van der Waals surface area (Å²) in [5.41, 5.74) is 0. The van der Waals surface area contributed by atoms with Crippen LogP contribution in [-0.4, -0.2) is 64.2 Å². The number of hydrogen-bond donors (Lipinski definition) is 3. The summed E-state index contributed by atoms with van der Waals surface area (Å²) in [6.07, 6.45) is 3.90. The summed E-state index contributed by atoms with van der Waals surface area (Å²) >= 11 is 0. The lowest BCUT2D eigenvalue weighted by Gasteiger charge is -2.35. The van der Waals surface area contributed by atoms with Crippen LogP contribution >= 0.6 is 0 Å². The molecule has 0 saturated carbocycles. The van der Waals surface area contributed by atoms with Crippen molar-refractivity contribution in [2.24, 2.45) is 0 Å². The molecule has 0 radical (unpaired) electrons. The maximum atomic E-state index is 11.7. The molecule has 9 heteroatoms. The fourth-order valence-corrected chi connectivity index (χ4v) is 2.66. The van der Waals surface area contributed by atoms with Gasteiger partial charge in [-0.2, -0.15) is 0 Å². The van der Waals surface area contributed by atoms with Crippen molar-refractivity contribution < 1.29 is 18.0 Å². The van der Waals surface area contributed by atoms with Gasteiger partial charge in [0.05, 0.1) is 12.8 Å². The van der Waals surface area contributed by atoms with Gasteiger partial charge in [-0.3, -0.25) is 15.0 Å². The van der Waals surface area contributed by atoms with Gasteiger partial charge in [-0.1, -0.05) is 6.42 Å². The highest BCUT2D eigenvalue weighted by atomic mass is 32.2. The van der Waals surface area contributed by atoms with Crippen LogP contribution in [0.2, 0.25) is 0 Å². The number of carbonyl (C=O) groups is 2. The van der Waals surface area contributed by atoms with Crippen LogP contribution in [0.15, 0.2) is 0 Å². The highest BCUT2D eigenvalue weighted by molar-refractivity contribution is 7.88. The van der Waals surface area contributed by atoms with Gasteiger partial charge in [0.15, 0.2) is 0 Å². The largest absolute Gasteiger partial charge is 0.341 e. The van der Waals surface area contributed by atoms with Gasteiger partial charge in [-0.25, -0.2) is 17.9 Å². The first-order valence-corrected chi connectivity index (χ1v) is 8.41. The van der Waals surface area contributed by atoms with Crippen LogP contribution in [0.3, 0.4) is 0 Å². The number of piperidine rings is 1. The molecule has 0 bridgehead atoms. The Labute approximate surface area is 119 Å². The van der Waals surface area contributed by atoms with Crippen molar-refractivity contribution in [3.8, 4) is 0 Å². The molecule has 0 aromatic carbocycles. The van der Waals surface area contributed by atoms with Gasteiger partial charge >= 0.3 is 6.03 Å². The third-order valence-corrected chi connectivity index (χ3v) is 3.85. The van der Waals surface area contributed by atoms with Crippen molar-refractivity contribution in [1.29, 1.82) is 0 Å². The molecular formula is C11H22N4O4S. The fourth-order valence-electron chi connectivity index (χ4n) is 2.16. The molecule has 20 heavy (non-hydrogen) atoms. The van der Waals surface area contributed by atoms with E-state index in [1.807, 2.05) is 4.90 Å². The molecule has 1 heterocycles. The quantitative estimate of drug-likeness (QED) is 0.594. The minimum absolute atomic E-state index is 0.0195. The molecule has 0 unspecified atom stereocenters. The number of likely N-dealkylation sites (tertiary alicyclic amines) is 1. The van der Waals surface area contributed by atoms with Crippen LogP contribution in [0.5, 0.6) is 0 Å². The van der Waals surface area contributed by atoms with Crippen molar-refractivity contribution in [2.45, 2.75) is 25.3 Å². The number of amides is 3. The first-order valence-electron chi connectivity index (χ1n) is 6.52. The van der Waals surface area contributed by atoms with Gasteiger partial charge < -0.3 is 5.32 Å². The van der Waals surface area contributed by atoms with Gasteiger partial charge in [0.25, 0.3) is 0 Å². The van der Waals surface area contributed by atoms with Crippen molar-refractivity contribution in [3.05, 3.63) is 0 Å². The zero-order valence-electron chi connectivity index (χ0n) is 11.8. The highest BCUT2D eigenvalue weighted by Crippen LogP contribution is 2.16. The lowest BCUT2D eigenvalue weighted by molar-refractivity contribution is -0.122. The van der Waals surface area contributed by atoms with Crippen LogP contribution in [0.25, 0.3) is 0 Å². The first-order chi connectivity index (χ1) is 9.31. The van der Waals surface area contributed by atoms with Gasteiger partial charge in [-0.15, -0.1) is 0 Å². The lowest BCUT2D eigenvalue weighted by Crippen LogP contribution is -2.51. The average Bonchev–Trinajstić information content (AvgIpc) is 2.36. The molecule has 1 atom stereocenters. The van der Waals surface area contributed by atoms with Gasteiger partial charge in [0, 0.05) is 19.6 Å². The van der Waals surface area contributed by atoms with E-state index in [2.05, 4.69) is 15.4 Å². The molecule has 0 spiro atoms. The average molecular weight is 306 g/mol. The smallest absolute Gasteiger partial charge is 0.321 e. The third-order valence-electron chi connectivity index (χ3n) is 3.16. The second kappa shape index (κ2) is 7.55.